The Kier molecular flexibility index (Phi) is 4.57. The summed E-state index contributed by atoms with van der Waals surface area (Å²) < 4.78 is 0. The highest BCUT2D eigenvalue weighted by Gasteiger charge is 2.21. The van der Waals surface area contributed by atoms with Crippen LogP contribution in [0.3, 0.4) is 0 Å². The molecule has 1 amide bonds. The first-order valence-corrected chi connectivity index (χ1v) is 5.64. The Morgan fingerprint density at radius 2 is 2.24 bits per heavy atom. The lowest BCUT2D eigenvalue weighted by Gasteiger charge is -2.26. The average molecular weight is 237 g/mol. The van der Waals surface area contributed by atoms with E-state index in [1.54, 1.807) is 13.0 Å². The zero-order valence-electron chi connectivity index (χ0n) is 10.5. The maximum Gasteiger partial charge on any atom is 0.252 e. The Hall–Kier alpha value is -1.49. The van der Waals surface area contributed by atoms with Gasteiger partial charge in [0, 0.05) is 6.54 Å². The minimum Gasteiger partial charge on any atom is -0.393 e. The second-order valence-electron chi connectivity index (χ2n) is 5.03. The molecule has 5 nitrogen and oxygen atoms in total. The summed E-state index contributed by atoms with van der Waals surface area (Å²) in [7, 11) is 0. The molecule has 0 aliphatic carbocycles. The van der Waals surface area contributed by atoms with Crippen molar-refractivity contribution in [2.45, 2.75) is 33.3 Å². The Labute approximate surface area is 101 Å². The van der Waals surface area contributed by atoms with Gasteiger partial charge in [0.1, 0.15) is 0 Å². The van der Waals surface area contributed by atoms with Crippen LogP contribution >= 0.6 is 0 Å². The number of aliphatic hydroxyl groups is 1. The zero-order valence-corrected chi connectivity index (χ0v) is 10.5. The summed E-state index contributed by atoms with van der Waals surface area (Å²) in [5, 5.41) is 19.4. The van der Waals surface area contributed by atoms with Gasteiger partial charge in [-0.15, -0.1) is 0 Å². The largest absolute Gasteiger partial charge is 0.393 e. The SMILES string of the molecule is CC(O)CC(C)(C)CNC(=O)c1ccnnc1. The summed E-state index contributed by atoms with van der Waals surface area (Å²) in [4.78, 5) is 11.7. The summed E-state index contributed by atoms with van der Waals surface area (Å²) >= 11 is 0. The number of rotatable bonds is 5. The molecular weight excluding hydrogens is 218 g/mol. The quantitative estimate of drug-likeness (QED) is 0.801. The van der Waals surface area contributed by atoms with E-state index < -0.39 is 0 Å². The minimum atomic E-state index is -0.371. The summed E-state index contributed by atoms with van der Waals surface area (Å²) in [5.74, 6) is -0.168. The molecule has 1 rings (SSSR count). The standard InChI is InChI=1S/C12H19N3O2/c1-9(16)6-12(2,3)8-13-11(17)10-4-5-14-15-7-10/h4-5,7,9,16H,6,8H2,1-3H3,(H,13,17). The molecule has 0 fully saturated rings. The molecule has 2 N–H and O–H groups in total. The lowest BCUT2D eigenvalue weighted by Crippen LogP contribution is -2.35. The van der Waals surface area contributed by atoms with Crippen molar-refractivity contribution in [1.82, 2.24) is 15.5 Å². The van der Waals surface area contributed by atoms with Gasteiger partial charge in [0.25, 0.3) is 5.91 Å². The molecule has 17 heavy (non-hydrogen) atoms. The maximum atomic E-state index is 11.7. The molecule has 1 atom stereocenters. The molecule has 94 valence electrons. The number of nitrogens with one attached hydrogen (secondary N) is 1. The van der Waals surface area contributed by atoms with Gasteiger partial charge < -0.3 is 10.4 Å². The smallest absolute Gasteiger partial charge is 0.252 e. The van der Waals surface area contributed by atoms with Crippen molar-refractivity contribution >= 4 is 5.91 Å². The number of carbonyl (C=O) groups is 1. The van der Waals surface area contributed by atoms with Gasteiger partial charge in [0.15, 0.2) is 0 Å². The summed E-state index contributed by atoms with van der Waals surface area (Å²) in [6.07, 6.45) is 3.18. The van der Waals surface area contributed by atoms with Crippen LogP contribution in [0.25, 0.3) is 0 Å². The fourth-order valence-electron chi connectivity index (χ4n) is 1.72. The van der Waals surface area contributed by atoms with Crippen LogP contribution in [0.15, 0.2) is 18.5 Å². The zero-order chi connectivity index (χ0) is 12.9. The molecule has 0 bridgehead atoms. The molecule has 0 spiro atoms. The van der Waals surface area contributed by atoms with E-state index in [1.165, 1.54) is 12.4 Å². The van der Waals surface area contributed by atoms with Gasteiger partial charge in [0.05, 0.1) is 24.1 Å². The van der Waals surface area contributed by atoms with Crippen LogP contribution in [-0.2, 0) is 0 Å². The highest BCUT2D eigenvalue weighted by Crippen LogP contribution is 2.21. The average Bonchev–Trinajstić information content (AvgIpc) is 2.25. The van der Waals surface area contributed by atoms with E-state index in [0.29, 0.717) is 18.5 Å². The van der Waals surface area contributed by atoms with Crippen LogP contribution in [-0.4, -0.2) is 33.9 Å². The fourth-order valence-corrected chi connectivity index (χ4v) is 1.72. The van der Waals surface area contributed by atoms with E-state index >= 15 is 0 Å². The number of carbonyl (C=O) groups excluding carboxylic acids is 1. The molecule has 0 radical (unpaired) electrons. The van der Waals surface area contributed by atoms with Gasteiger partial charge in [-0.1, -0.05) is 13.8 Å². The maximum absolute atomic E-state index is 11.7. The summed E-state index contributed by atoms with van der Waals surface area (Å²) in [6.45, 7) is 6.27. The molecule has 0 aromatic carbocycles. The van der Waals surface area contributed by atoms with Crippen molar-refractivity contribution in [2.75, 3.05) is 6.54 Å². The molecule has 1 aromatic heterocycles. The van der Waals surface area contributed by atoms with E-state index in [9.17, 15) is 9.90 Å². The number of amides is 1. The fraction of sp³-hybridized carbons (Fsp3) is 0.583. The van der Waals surface area contributed by atoms with Crippen LogP contribution in [0.5, 0.6) is 0 Å². The van der Waals surface area contributed by atoms with Gasteiger partial charge in [0.2, 0.25) is 0 Å². The third kappa shape index (κ3) is 4.91. The van der Waals surface area contributed by atoms with Crippen LogP contribution in [0.2, 0.25) is 0 Å². The predicted molar refractivity (Wildman–Crippen MR) is 64.4 cm³/mol. The molecule has 1 heterocycles. The van der Waals surface area contributed by atoms with Crippen molar-refractivity contribution in [3.05, 3.63) is 24.0 Å². The van der Waals surface area contributed by atoms with Gasteiger partial charge in [-0.25, -0.2) is 0 Å². The van der Waals surface area contributed by atoms with Gasteiger partial charge >= 0.3 is 0 Å². The minimum absolute atomic E-state index is 0.135. The van der Waals surface area contributed by atoms with Crippen molar-refractivity contribution in [2.24, 2.45) is 5.41 Å². The second-order valence-corrected chi connectivity index (χ2v) is 5.03. The Morgan fingerprint density at radius 1 is 1.53 bits per heavy atom. The number of nitrogens with zero attached hydrogens (tertiary/aromatic N) is 2. The summed E-state index contributed by atoms with van der Waals surface area (Å²) in [6, 6.07) is 1.62. The Bertz CT molecular complexity index is 363. The highest BCUT2D eigenvalue weighted by molar-refractivity contribution is 5.93. The monoisotopic (exact) mass is 237 g/mol. The second kappa shape index (κ2) is 5.72. The third-order valence-corrected chi connectivity index (χ3v) is 2.42. The molecule has 0 saturated carbocycles. The molecule has 1 aromatic rings. The number of hydrogen-bond donors (Lipinski definition) is 2. The molecule has 1 unspecified atom stereocenters. The van der Waals surface area contributed by atoms with Crippen LogP contribution in [0, 0.1) is 5.41 Å². The van der Waals surface area contributed by atoms with Crippen molar-refractivity contribution in [1.29, 1.82) is 0 Å². The third-order valence-electron chi connectivity index (χ3n) is 2.42. The lowest BCUT2D eigenvalue weighted by molar-refractivity contribution is 0.0901. The van der Waals surface area contributed by atoms with Crippen LogP contribution in [0.1, 0.15) is 37.6 Å². The van der Waals surface area contributed by atoms with Crippen molar-refractivity contribution in [3.8, 4) is 0 Å². The van der Waals surface area contributed by atoms with E-state index in [4.69, 9.17) is 0 Å². The molecular formula is C12H19N3O2. The first kappa shape index (κ1) is 13.6. The van der Waals surface area contributed by atoms with E-state index in [2.05, 4.69) is 15.5 Å². The van der Waals surface area contributed by atoms with Gasteiger partial charge in [-0.05, 0) is 24.8 Å². The first-order chi connectivity index (χ1) is 7.91. The highest BCUT2D eigenvalue weighted by atomic mass is 16.3. The van der Waals surface area contributed by atoms with Gasteiger partial charge in [-0.3, -0.25) is 4.79 Å². The van der Waals surface area contributed by atoms with E-state index in [-0.39, 0.29) is 17.4 Å². The van der Waals surface area contributed by atoms with Crippen molar-refractivity contribution in [3.63, 3.8) is 0 Å². The predicted octanol–water partition coefficient (Wildman–Crippen LogP) is 1.00. The topological polar surface area (TPSA) is 75.1 Å². The van der Waals surface area contributed by atoms with Crippen LogP contribution in [0.4, 0.5) is 0 Å². The summed E-state index contributed by atoms with van der Waals surface area (Å²) in [5.41, 5.74) is 0.359. The number of hydrogen-bond acceptors (Lipinski definition) is 4. The number of aliphatic hydroxyl groups excluding tert-OH is 1. The molecule has 5 heteroatoms. The molecule has 0 aliphatic heterocycles. The van der Waals surface area contributed by atoms with Crippen LogP contribution < -0.4 is 5.32 Å². The Balaban J connectivity index is 2.48. The number of aromatic nitrogens is 2. The van der Waals surface area contributed by atoms with Gasteiger partial charge in [-0.2, -0.15) is 10.2 Å². The normalized spacial score (nSPS) is 13.2. The van der Waals surface area contributed by atoms with E-state index in [0.717, 1.165) is 0 Å². The lowest BCUT2D eigenvalue weighted by atomic mass is 9.87. The molecule has 0 aliphatic rings. The molecule has 0 saturated heterocycles. The Morgan fingerprint density at radius 3 is 2.76 bits per heavy atom. The van der Waals surface area contributed by atoms with Crippen molar-refractivity contribution < 1.29 is 9.90 Å². The first-order valence-electron chi connectivity index (χ1n) is 5.64. The van der Waals surface area contributed by atoms with E-state index in [1.807, 2.05) is 13.8 Å².